The van der Waals surface area contributed by atoms with Crippen LogP contribution in [0.5, 0.6) is 0 Å². The summed E-state index contributed by atoms with van der Waals surface area (Å²) in [6.45, 7) is 13.3. The van der Waals surface area contributed by atoms with Gasteiger partial charge in [0, 0.05) is 45.0 Å². The number of aromatic nitrogens is 1. The Labute approximate surface area is 224 Å². The van der Waals surface area contributed by atoms with Gasteiger partial charge in [0.2, 0.25) is 0 Å². The van der Waals surface area contributed by atoms with Crippen LogP contribution in [-0.4, -0.2) is 16.9 Å². The predicted molar refractivity (Wildman–Crippen MR) is 153 cm³/mol. The lowest BCUT2D eigenvalue weighted by Crippen LogP contribution is -2.08. The van der Waals surface area contributed by atoms with Crippen LogP contribution in [-0.2, 0) is 6.42 Å². The van der Waals surface area contributed by atoms with Crippen LogP contribution in [0.25, 0.3) is 10.9 Å². The molecule has 0 amide bonds. The summed E-state index contributed by atoms with van der Waals surface area (Å²) in [4.78, 5) is 7.50. The van der Waals surface area contributed by atoms with Gasteiger partial charge in [0.1, 0.15) is 0 Å². The first-order valence-electron chi connectivity index (χ1n) is 12.8. The summed E-state index contributed by atoms with van der Waals surface area (Å²) < 4.78 is 35.8. The number of hydrogen-bond acceptors (Lipinski definition) is 1. The molecule has 0 saturated carbocycles. The molecule has 2 aromatic carbocycles. The smallest absolute Gasteiger partial charge is 0.358 e. The van der Waals surface area contributed by atoms with E-state index in [9.17, 15) is 13.2 Å². The molecule has 2 nitrogen and oxygen atoms in total. The van der Waals surface area contributed by atoms with Gasteiger partial charge in [-0.05, 0) is 68.5 Å². The first-order valence-corrected chi connectivity index (χ1v) is 13.2. The van der Waals surface area contributed by atoms with Crippen LogP contribution in [0.3, 0.4) is 0 Å². The van der Waals surface area contributed by atoms with Gasteiger partial charge in [-0.3, -0.25) is 4.99 Å². The minimum atomic E-state index is -4.36. The highest BCUT2D eigenvalue weighted by molar-refractivity contribution is 6.31. The number of allylic oxidation sites excluding steroid dienone is 2. The molecule has 3 rings (SSSR count). The second-order valence-corrected chi connectivity index (χ2v) is 9.83. The number of hydrogen-bond donors (Lipinski definition) is 1. The average molecular weight is 531 g/mol. The number of aliphatic imine (C=N–C) groups is 1. The zero-order valence-electron chi connectivity index (χ0n) is 22.5. The lowest BCUT2D eigenvalue weighted by molar-refractivity contribution is -0.0878. The van der Waals surface area contributed by atoms with Crippen molar-refractivity contribution in [2.75, 3.05) is 0 Å². The van der Waals surface area contributed by atoms with E-state index in [0.29, 0.717) is 5.92 Å². The maximum Gasteiger partial charge on any atom is 0.415 e. The van der Waals surface area contributed by atoms with Gasteiger partial charge in [0.25, 0.3) is 0 Å². The molecule has 1 aromatic heterocycles. The van der Waals surface area contributed by atoms with Crippen LogP contribution in [0.4, 0.5) is 13.2 Å². The number of rotatable bonds is 9. The molecule has 0 fully saturated rings. The van der Waals surface area contributed by atoms with Gasteiger partial charge in [-0.15, -0.1) is 0 Å². The Balaban J connectivity index is 0.000000298. The van der Waals surface area contributed by atoms with E-state index >= 15 is 0 Å². The maximum atomic E-state index is 11.9. The van der Waals surface area contributed by atoms with Gasteiger partial charge >= 0.3 is 6.18 Å². The summed E-state index contributed by atoms with van der Waals surface area (Å²) in [6.07, 6.45) is 2.89. The monoisotopic (exact) mass is 530 g/mol. The van der Waals surface area contributed by atoms with Gasteiger partial charge in [0.15, 0.2) is 0 Å². The fourth-order valence-corrected chi connectivity index (χ4v) is 4.20. The number of alkyl halides is 3. The SMILES string of the molecule is C=C(/C=C\N=C(C)CCC)C(F)(F)F.CCCCc1c([C@@H](C)c2ccc(C)cc2)[nH]c2ccc(Cl)cc12. The van der Waals surface area contributed by atoms with E-state index in [1.165, 1.54) is 46.1 Å². The zero-order valence-corrected chi connectivity index (χ0v) is 23.2. The minimum Gasteiger partial charge on any atom is -0.358 e. The van der Waals surface area contributed by atoms with Crippen molar-refractivity contribution >= 4 is 28.2 Å². The van der Waals surface area contributed by atoms with Crippen molar-refractivity contribution < 1.29 is 13.2 Å². The summed E-state index contributed by atoms with van der Waals surface area (Å²) in [6, 6.07) is 15.0. The maximum absolute atomic E-state index is 11.9. The van der Waals surface area contributed by atoms with E-state index in [-0.39, 0.29) is 0 Å². The van der Waals surface area contributed by atoms with Crippen LogP contribution in [0.1, 0.15) is 81.7 Å². The lowest BCUT2D eigenvalue weighted by Gasteiger charge is -2.14. The minimum absolute atomic E-state index is 0.355. The van der Waals surface area contributed by atoms with Crippen LogP contribution in [0.15, 0.2) is 71.9 Å². The fourth-order valence-electron chi connectivity index (χ4n) is 4.03. The molecule has 3 aromatic rings. The molecular weight excluding hydrogens is 493 g/mol. The molecule has 1 heterocycles. The Hall–Kier alpha value is -2.79. The first kappa shape index (κ1) is 30.4. The van der Waals surface area contributed by atoms with E-state index in [1.807, 2.05) is 13.0 Å². The van der Waals surface area contributed by atoms with Gasteiger partial charge in [-0.1, -0.05) is 81.6 Å². The van der Waals surface area contributed by atoms with Gasteiger partial charge in [-0.2, -0.15) is 13.2 Å². The number of H-pyrrole nitrogens is 1. The highest BCUT2D eigenvalue weighted by Gasteiger charge is 2.29. The number of fused-ring (bicyclic) bond motifs is 1. The Kier molecular flexibility index (Phi) is 11.7. The number of nitrogens with one attached hydrogen (secondary N) is 1. The molecule has 0 saturated heterocycles. The van der Waals surface area contributed by atoms with Gasteiger partial charge in [-0.25, -0.2) is 0 Å². The molecule has 0 unspecified atom stereocenters. The molecule has 1 N–H and O–H groups in total. The molecule has 200 valence electrons. The van der Waals surface area contributed by atoms with Crippen LogP contribution < -0.4 is 0 Å². The van der Waals surface area contributed by atoms with E-state index in [4.69, 9.17) is 11.6 Å². The van der Waals surface area contributed by atoms with Crippen LogP contribution in [0.2, 0.25) is 5.02 Å². The van der Waals surface area contributed by atoms with Crippen molar-refractivity contribution in [2.45, 2.75) is 78.8 Å². The molecule has 0 aliphatic carbocycles. The highest BCUT2D eigenvalue weighted by Crippen LogP contribution is 2.34. The van der Waals surface area contributed by atoms with E-state index in [0.717, 1.165) is 42.3 Å². The summed E-state index contributed by atoms with van der Waals surface area (Å²) in [5.41, 5.74) is 6.54. The Bertz CT molecular complexity index is 1220. The van der Waals surface area contributed by atoms with E-state index in [2.05, 4.69) is 73.7 Å². The lowest BCUT2D eigenvalue weighted by atomic mass is 9.92. The molecular formula is C31H38ClF3N2. The Morgan fingerprint density at radius 2 is 1.78 bits per heavy atom. The number of nitrogens with zero attached hydrogens (tertiary/aromatic N) is 1. The molecule has 0 aliphatic rings. The largest absolute Gasteiger partial charge is 0.415 e. The van der Waals surface area contributed by atoms with Gasteiger partial charge < -0.3 is 4.98 Å². The molecule has 0 radical (unpaired) electrons. The number of aromatic amines is 1. The quantitative estimate of drug-likeness (QED) is 0.210. The van der Waals surface area contributed by atoms with Crippen LogP contribution in [0, 0.1) is 6.92 Å². The van der Waals surface area contributed by atoms with Gasteiger partial charge in [0.05, 0.1) is 0 Å². The van der Waals surface area contributed by atoms with Crippen molar-refractivity contribution in [1.29, 1.82) is 0 Å². The summed E-state index contributed by atoms with van der Waals surface area (Å²) >= 11 is 6.23. The third-order valence-corrected chi connectivity index (χ3v) is 6.47. The van der Waals surface area contributed by atoms with E-state index < -0.39 is 11.7 Å². The third-order valence-electron chi connectivity index (χ3n) is 6.24. The Morgan fingerprint density at radius 1 is 1.11 bits per heavy atom. The van der Waals surface area contributed by atoms with E-state index in [1.54, 1.807) is 6.92 Å². The summed E-state index contributed by atoms with van der Waals surface area (Å²) in [5.74, 6) is 0.355. The fraction of sp³-hybridized carbons (Fsp3) is 0.387. The number of halogens is 4. The molecule has 6 heteroatoms. The third kappa shape index (κ3) is 9.23. The number of unbranched alkanes of at least 4 members (excludes halogenated alkanes) is 1. The molecule has 37 heavy (non-hydrogen) atoms. The zero-order chi connectivity index (χ0) is 27.6. The number of aryl methyl sites for hydroxylation is 2. The molecule has 0 aliphatic heterocycles. The first-order chi connectivity index (χ1) is 17.5. The predicted octanol–water partition coefficient (Wildman–Crippen LogP) is 10.5. The molecule has 1 atom stereocenters. The van der Waals surface area contributed by atoms with Crippen molar-refractivity contribution in [3.8, 4) is 0 Å². The molecule has 0 spiro atoms. The highest BCUT2D eigenvalue weighted by atomic mass is 35.5. The normalized spacial score (nSPS) is 13.1. The van der Waals surface area contributed by atoms with Crippen molar-refractivity contribution in [1.82, 2.24) is 4.98 Å². The standard InChI is InChI=1S/C21H24ClN.C10H14F3N/c1-4-5-6-18-19-13-17(22)11-12-20(19)23-21(18)15(3)16-9-7-14(2)8-10-16;1-4-5-9(3)14-7-6-8(2)10(11,12)13/h7-13,15,23H,4-6H2,1-3H3;6-7H,2,4-5H2,1,3H3/b;7-6-,14-9?/t15-;/m0./s1. The summed E-state index contributed by atoms with van der Waals surface area (Å²) in [7, 11) is 0. The van der Waals surface area contributed by atoms with Crippen LogP contribution >= 0.6 is 11.6 Å². The van der Waals surface area contributed by atoms with Crippen molar-refractivity contribution in [3.05, 3.63) is 94.3 Å². The second-order valence-electron chi connectivity index (χ2n) is 9.40. The second kappa shape index (κ2) is 14.2. The van der Waals surface area contributed by atoms with Crippen molar-refractivity contribution in [2.24, 2.45) is 4.99 Å². The van der Waals surface area contributed by atoms with Crippen molar-refractivity contribution in [3.63, 3.8) is 0 Å². The molecule has 0 bridgehead atoms. The topological polar surface area (TPSA) is 28.1 Å². The number of benzene rings is 2. The Morgan fingerprint density at radius 3 is 2.38 bits per heavy atom. The summed E-state index contributed by atoms with van der Waals surface area (Å²) in [5, 5.41) is 2.09. The average Bonchev–Trinajstić information content (AvgIpc) is 3.20.